The molecule has 2 rings (SSSR count). The predicted molar refractivity (Wildman–Crippen MR) is 105 cm³/mol. The van der Waals surface area contributed by atoms with E-state index in [-0.39, 0.29) is 18.4 Å². The first-order chi connectivity index (χ1) is 13.1. The normalized spacial score (nSPS) is 10.3. The Hall–Kier alpha value is -2.32. The van der Waals surface area contributed by atoms with Gasteiger partial charge in [-0.05, 0) is 18.6 Å². The second-order valence-electron chi connectivity index (χ2n) is 5.46. The maximum absolute atomic E-state index is 12.1. The Morgan fingerprint density at radius 1 is 1.19 bits per heavy atom. The van der Waals surface area contributed by atoms with E-state index in [2.05, 4.69) is 15.6 Å². The number of para-hydroxylation sites is 2. The molecule has 0 spiro atoms. The lowest BCUT2D eigenvalue weighted by molar-refractivity contribution is -0.121. The highest BCUT2D eigenvalue weighted by molar-refractivity contribution is 7.09. The first-order valence-corrected chi connectivity index (χ1v) is 9.86. The lowest BCUT2D eigenvalue weighted by Crippen LogP contribution is -2.34. The topological polar surface area (TPSA) is 89.6 Å². The zero-order chi connectivity index (χ0) is 19.5. The molecule has 7 nitrogen and oxygen atoms in total. The summed E-state index contributed by atoms with van der Waals surface area (Å²) >= 11 is 6.88. The van der Waals surface area contributed by atoms with E-state index in [4.69, 9.17) is 21.1 Å². The highest BCUT2D eigenvalue weighted by atomic mass is 35.5. The summed E-state index contributed by atoms with van der Waals surface area (Å²) in [6.45, 7) is 0.936. The number of methoxy groups -OCH3 is 1. The summed E-state index contributed by atoms with van der Waals surface area (Å²) in [6, 6.07) is 7.33. The molecule has 2 aromatic rings. The van der Waals surface area contributed by atoms with Crippen LogP contribution in [0.25, 0.3) is 0 Å². The molecule has 146 valence electrons. The predicted octanol–water partition coefficient (Wildman–Crippen LogP) is 2.60. The van der Waals surface area contributed by atoms with Crippen LogP contribution in [0.1, 0.15) is 28.3 Å². The summed E-state index contributed by atoms with van der Waals surface area (Å²) in [5.74, 6) is 1.35. The SMILES string of the molecule is COc1ccccc1OCc1nc(C(=O)NCCNC(=O)CCCCl)cs1. The Kier molecular flexibility index (Phi) is 8.86. The van der Waals surface area contributed by atoms with Crippen LogP contribution in [-0.4, -0.2) is 42.9 Å². The number of halogens is 1. The summed E-state index contributed by atoms with van der Waals surface area (Å²) in [4.78, 5) is 27.8. The second-order valence-corrected chi connectivity index (χ2v) is 6.79. The van der Waals surface area contributed by atoms with Crippen LogP contribution in [0, 0.1) is 0 Å². The largest absolute Gasteiger partial charge is 0.493 e. The molecule has 0 fully saturated rings. The Morgan fingerprint density at radius 2 is 1.93 bits per heavy atom. The van der Waals surface area contributed by atoms with Crippen LogP contribution in [0.4, 0.5) is 0 Å². The number of carbonyl (C=O) groups excluding carboxylic acids is 2. The quantitative estimate of drug-likeness (QED) is 0.438. The zero-order valence-corrected chi connectivity index (χ0v) is 16.6. The number of amides is 2. The van der Waals surface area contributed by atoms with E-state index in [1.54, 1.807) is 12.5 Å². The van der Waals surface area contributed by atoms with E-state index < -0.39 is 0 Å². The monoisotopic (exact) mass is 411 g/mol. The van der Waals surface area contributed by atoms with Crippen molar-refractivity contribution in [2.75, 3.05) is 26.1 Å². The third-order valence-corrected chi connectivity index (χ3v) is 4.56. The van der Waals surface area contributed by atoms with Gasteiger partial charge in [-0.2, -0.15) is 0 Å². The maximum atomic E-state index is 12.1. The minimum Gasteiger partial charge on any atom is -0.493 e. The number of nitrogens with zero attached hydrogens (tertiary/aromatic N) is 1. The first-order valence-electron chi connectivity index (χ1n) is 8.45. The maximum Gasteiger partial charge on any atom is 0.270 e. The fraction of sp³-hybridized carbons (Fsp3) is 0.389. The van der Waals surface area contributed by atoms with Gasteiger partial charge < -0.3 is 20.1 Å². The molecule has 1 heterocycles. The molecule has 27 heavy (non-hydrogen) atoms. The third kappa shape index (κ3) is 7.07. The molecular formula is C18H22ClN3O4S. The van der Waals surface area contributed by atoms with Gasteiger partial charge in [-0.25, -0.2) is 4.98 Å². The van der Waals surface area contributed by atoms with Crippen LogP contribution in [0.2, 0.25) is 0 Å². The molecule has 0 radical (unpaired) electrons. The highest BCUT2D eigenvalue weighted by Gasteiger charge is 2.11. The lowest BCUT2D eigenvalue weighted by atomic mass is 10.3. The minimum atomic E-state index is -0.287. The lowest BCUT2D eigenvalue weighted by Gasteiger charge is -2.08. The molecule has 0 aliphatic heterocycles. The molecule has 1 aromatic heterocycles. The van der Waals surface area contributed by atoms with E-state index in [0.29, 0.717) is 54.0 Å². The molecule has 0 saturated heterocycles. The third-order valence-electron chi connectivity index (χ3n) is 3.47. The first kappa shape index (κ1) is 21.0. The second kappa shape index (κ2) is 11.4. The van der Waals surface area contributed by atoms with E-state index >= 15 is 0 Å². The van der Waals surface area contributed by atoms with Gasteiger partial charge in [0, 0.05) is 30.8 Å². The van der Waals surface area contributed by atoms with Gasteiger partial charge in [0.2, 0.25) is 5.91 Å². The number of hydrogen-bond donors (Lipinski definition) is 2. The summed E-state index contributed by atoms with van der Waals surface area (Å²) in [5, 5.41) is 7.79. The fourth-order valence-corrected chi connectivity index (χ4v) is 2.96. The van der Waals surface area contributed by atoms with Gasteiger partial charge in [0.25, 0.3) is 5.91 Å². The van der Waals surface area contributed by atoms with Gasteiger partial charge >= 0.3 is 0 Å². The van der Waals surface area contributed by atoms with Gasteiger partial charge in [0.1, 0.15) is 17.3 Å². The van der Waals surface area contributed by atoms with Crippen LogP contribution < -0.4 is 20.1 Å². The fourth-order valence-electron chi connectivity index (χ4n) is 2.14. The molecular weight excluding hydrogens is 390 g/mol. The van der Waals surface area contributed by atoms with Crippen molar-refractivity contribution in [3.8, 4) is 11.5 Å². The summed E-state index contributed by atoms with van der Waals surface area (Å²) in [6.07, 6.45) is 1.03. The molecule has 2 N–H and O–H groups in total. The number of benzene rings is 1. The van der Waals surface area contributed by atoms with Crippen LogP contribution in [-0.2, 0) is 11.4 Å². The average molecular weight is 412 g/mol. The van der Waals surface area contributed by atoms with E-state index in [9.17, 15) is 9.59 Å². The smallest absolute Gasteiger partial charge is 0.270 e. The van der Waals surface area contributed by atoms with Gasteiger partial charge in [0.15, 0.2) is 11.5 Å². The average Bonchev–Trinajstić information content (AvgIpc) is 3.17. The van der Waals surface area contributed by atoms with E-state index in [1.165, 1.54) is 11.3 Å². The molecule has 0 aliphatic rings. The van der Waals surface area contributed by atoms with Crippen molar-refractivity contribution in [3.05, 3.63) is 40.3 Å². The van der Waals surface area contributed by atoms with Crippen LogP contribution >= 0.6 is 22.9 Å². The van der Waals surface area contributed by atoms with Crippen LogP contribution in [0.3, 0.4) is 0 Å². The van der Waals surface area contributed by atoms with Gasteiger partial charge in [0.05, 0.1) is 7.11 Å². The van der Waals surface area contributed by atoms with Crippen molar-refractivity contribution in [1.82, 2.24) is 15.6 Å². The molecule has 2 amide bonds. The Morgan fingerprint density at radius 3 is 2.67 bits per heavy atom. The Bertz CT molecular complexity index is 754. The molecule has 0 saturated carbocycles. The van der Waals surface area contributed by atoms with Crippen molar-refractivity contribution < 1.29 is 19.1 Å². The van der Waals surface area contributed by atoms with E-state index in [1.807, 2.05) is 24.3 Å². The van der Waals surface area contributed by atoms with Crippen molar-refractivity contribution in [3.63, 3.8) is 0 Å². The van der Waals surface area contributed by atoms with Crippen LogP contribution in [0.15, 0.2) is 29.6 Å². The molecule has 0 bridgehead atoms. The molecule has 0 atom stereocenters. The number of hydrogen-bond acceptors (Lipinski definition) is 6. The van der Waals surface area contributed by atoms with Crippen molar-refractivity contribution in [2.24, 2.45) is 0 Å². The highest BCUT2D eigenvalue weighted by Crippen LogP contribution is 2.27. The molecule has 9 heteroatoms. The zero-order valence-electron chi connectivity index (χ0n) is 15.0. The number of thiazole rings is 1. The number of rotatable bonds is 11. The number of nitrogens with one attached hydrogen (secondary N) is 2. The van der Waals surface area contributed by atoms with Gasteiger partial charge in [-0.3, -0.25) is 9.59 Å². The van der Waals surface area contributed by atoms with Crippen molar-refractivity contribution in [1.29, 1.82) is 0 Å². The Balaban J connectivity index is 1.74. The van der Waals surface area contributed by atoms with Crippen molar-refractivity contribution in [2.45, 2.75) is 19.4 Å². The molecule has 1 aromatic carbocycles. The standard InChI is InChI=1S/C18H22ClN3O4S/c1-25-14-5-2-3-6-15(14)26-11-17-22-13(12-27-17)18(24)21-10-9-20-16(23)7-4-8-19/h2-3,5-6,12H,4,7-11H2,1H3,(H,20,23)(H,21,24). The number of carbonyl (C=O) groups is 2. The van der Waals surface area contributed by atoms with E-state index in [0.717, 1.165) is 0 Å². The number of alkyl halides is 1. The van der Waals surface area contributed by atoms with Gasteiger partial charge in [-0.15, -0.1) is 22.9 Å². The van der Waals surface area contributed by atoms with Crippen molar-refractivity contribution >= 4 is 34.8 Å². The van der Waals surface area contributed by atoms with Gasteiger partial charge in [-0.1, -0.05) is 12.1 Å². The summed E-state index contributed by atoms with van der Waals surface area (Å²) in [7, 11) is 1.58. The summed E-state index contributed by atoms with van der Waals surface area (Å²) in [5.41, 5.74) is 0.326. The number of ether oxygens (including phenoxy) is 2. The minimum absolute atomic E-state index is 0.0747. The molecule has 0 aliphatic carbocycles. The Labute approximate surface area is 167 Å². The number of aromatic nitrogens is 1. The summed E-state index contributed by atoms with van der Waals surface area (Å²) < 4.78 is 10.9. The molecule has 0 unspecified atom stereocenters. The van der Waals surface area contributed by atoms with Crippen LogP contribution in [0.5, 0.6) is 11.5 Å².